The molecule has 5 nitrogen and oxygen atoms in total. The van der Waals surface area contributed by atoms with Crippen molar-refractivity contribution in [3.63, 3.8) is 0 Å². The van der Waals surface area contributed by atoms with Gasteiger partial charge in [0.25, 0.3) is 0 Å². The number of fused-ring (bicyclic) bond motifs is 3. The summed E-state index contributed by atoms with van der Waals surface area (Å²) in [6.07, 6.45) is 0. The molecule has 112 valence electrons. The lowest BCUT2D eigenvalue weighted by Gasteiger charge is -2.27. The highest BCUT2D eigenvalue weighted by molar-refractivity contribution is 9.10. The zero-order valence-electron chi connectivity index (χ0n) is 12.0. The summed E-state index contributed by atoms with van der Waals surface area (Å²) in [5.74, 6) is 1.74. The average Bonchev–Trinajstić information content (AvgIpc) is 2.92. The van der Waals surface area contributed by atoms with Crippen molar-refractivity contribution >= 4 is 27.1 Å². The van der Waals surface area contributed by atoms with Gasteiger partial charge in [0.2, 0.25) is 0 Å². The van der Waals surface area contributed by atoms with E-state index in [4.69, 9.17) is 9.47 Å². The summed E-state index contributed by atoms with van der Waals surface area (Å²) in [5, 5.41) is 0. The summed E-state index contributed by atoms with van der Waals surface area (Å²) in [7, 11) is 1.68. The van der Waals surface area contributed by atoms with Gasteiger partial charge in [-0.3, -0.25) is 0 Å². The van der Waals surface area contributed by atoms with Crippen LogP contribution in [-0.2, 0) is 11.3 Å². The number of halogens is 1. The first-order valence-electron chi connectivity index (χ1n) is 7.02. The molecule has 2 aromatic heterocycles. The molecule has 3 heterocycles. The van der Waals surface area contributed by atoms with Crippen LogP contribution in [0, 0.1) is 0 Å². The van der Waals surface area contributed by atoms with Crippen LogP contribution in [0.2, 0.25) is 0 Å². The molecule has 0 aliphatic carbocycles. The molecule has 0 spiro atoms. The highest BCUT2D eigenvalue weighted by Crippen LogP contribution is 2.34. The van der Waals surface area contributed by atoms with Gasteiger partial charge in [0.1, 0.15) is 28.3 Å². The fourth-order valence-corrected chi connectivity index (χ4v) is 3.23. The van der Waals surface area contributed by atoms with Gasteiger partial charge in [0.15, 0.2) is 5.65 Å². The second-order valence-corrected chi connectivity index (χ2v) is 5.96. The SMILES string of the molecule is COc1ccccc1[C@H]1COCc2nc3ccc(Br)nc3n21. The Balaban J connectivity index is 1.95. The standard InChI is InChI=1S/C16H14BrN3O2/c1-21-13-5-3-2-4-10(13)12-8-22-9-15-18-11-6-7-14(17)19-16(11)20(12)15/h2-7,12H,8-9H2,1H3/t12-/m1/s1. The summed E-state index contributed by atoms with van der Waals surface area (Å²) in [6, 6.07) is 11.9. The van der Waals surface area contributed by atoms with E-state index in [1.54, 1.807) is 7.11 Å². The number of hydrogen-bond donors (Lipinski definition) is 0. The van der Waals surface area contributed by atoms with Crippen LogP contribution in [0.1, 0.15) is 17.4 Å². The predicted molar refractivity (Wildman–Crippen MR) is 86.0 cm³/mol. The third kappa shape index (κ3) is 2.10. The lowest BCUT2D eigenvalue weighted by Crippen LogP contribution is -2.25. The van der Waals surface area contributed by atoms with Crippen LogP contribution < -0.4 is 4.74 Å². The summed E-state index contributed by atoms with van der Waals surface area (Å²) in [4.78, 5) is 9.24. The van der Waals surface area contributed by atoms with Crippen LogP contribution >= 0.6 is 15.9 Å². The molecule has 1 aliphatic rings. The quantitative estimate of drug-likeness (QED) is 0.658. The molecule has 0 radical (unpaired) electrons. The van der Waals surface area contributed by atoms with E-state index >= 15 is 0 Å². The maximum Gasteiger partial charge on any atom is 0.162 e. The van der Waals surface area contributed by atoms with Crippen molar-refractivity contribution < 1.29 is 9.47 Å². The number of imidazole rings is 1. The van der Waals surface area contributed by atoms with E-state index in [1.165, 1.54) is 0 Å². The molecule has 0 bridgehead atoms. The van der Waals surface area contributed by atoms with Crippen molar-refractivity contribution in [2.75, 3.05) is 13.7 Å². The highest BCUT2D eigenvalue weighted by atomic mass is 79.9. The van der Waals surface area contributed by atoms with Crippen molar-refractivity contribution in [2.45, 2.75) is 12.6 Å². The average molecular weight is 360 g/mol. The maximum atomic E-state index is 5.74. The molecule has 1 atom stereocenters. The van der Waals surface area contributed by atoms with E-state index in [1.807, 2.05) is 30.3 Å². The van der Waals surface area contributed by atoms with Crippen LogP contribution in [0.5, 0.6) is 5.75 Å². The number of rotatable bonds is 2. The number of methoxy groups -OCH3 is 1. The van der Waals surface area contributed by atoms with Gasteiger partial charge in [0, 0.05) is 5.56 Å². The van der Waals surface area contributed by atoms with Crippen molar-refractivity contribution in [2.24, 2.45) is 0 Å². The minimum Gasteiger partial charge on any atom is -0.496 e. The number of benzene rings is 1. The Morgan fingerprint density at radius 1 is 1.23 bits per heavy atom. The van der Waals surface area contributed by atoms with Gasteiger partial charge < -0.3 is 14.0 Å². The number of ether oxygens (including phenoxy) is 2. The van der Waals surface area contributed by atoms with Crippen LogP contribution in [0.25, 0.3) is 11.2 Å². The van der Waals surface area contributed by atoms with Gasteiger partial charge in [-0.05, 0) is 34.1 Å². The van der Waals surface area contributed by atoms with E-state index < -0.39 is 0 Å². The fourth-order valence-electron chi connectivity index (χ4n) is 2.93. The summed E-state index contributed by atoms with van der Waals surface area (Å²) in [5.41, 5.74) is 2.82. The van der Waals surface area contributed by atoms with Crippen LogP contribution in [0.4, 0.5) is 0 Å². The van der Waals surface area contributed by atoms with Gasteiger partial charge in [-0.1, -0.05) is 18.2 Å². The van der Waals surface area contributed by atoms with Gasteiger partial charge >= 0.3 is 0 Å². The highest BCUT2D eigenvalue weighted by Gasteiger charge is 2.28. The van der Waals surface area contributed by atoms with Gasteiger partial charge in [-0.15, -0.1) is 0 Å². The Kier molecular flexibility index (Phi) is 3.35. The Labute approximate surface area is 136 Å². The monoisotopic (exact) mass is 359 g/mol. The first-order valence-corrected chi connectivity index (χ1v) is 7.81. The molecule has 6 heteroatoms. The van der Waals surface area contributed by atoms with E-state index in [2.05, 4.69) is 36.5 Å². The van der Waals surface area contributed by atoms with E-state index in [0.717, 1.165) is 32.9 Å². The summed E-state index contributed by atoms with van der Waals surface area (Å²) in [6.45, 7) is 1.08. The lowest BCUT2D eigenvalue weighted by molar-refractivity contribution is 0.0670. The van der Waals surface area contributed by atoms with Crippen LogP contribution in [-0.4, -0.2) is 28.3 Å². The minimum absolute atomic E-state index is 0.00620. The molecular formula is C16H14BrN3O2. The number of nitrogens with zero attached hydrogens (tertiary/aromatic N) is 3. The zero-order chi connectivity index (χ0) is 15.1. The zero-order valence-corrected chi connectivity index (χ0v) is 13.6. The molecule has 0 unspecified atom stereocenters. The minimum atomic E-state index is 0.00620. The number of pyridine rings is 1. The van der Waals surface area contributed by atoms with E-state index in [9.17, 15) is 0 Å². The van der Waals surface area contributed by atoms with E-state index in [0.29, 0.717) is 13.2 Å². The maximum absolute atomic E-state index is 5.74. The Bertz CT molecular complexity index is 847. The van der Waals surface area contributed by atoms with Gasteiger partial charge in [-0.2, -0.15) is 0 Å². The third-order valence-corrected chi connectivity index (χ3v) is 4.33. The van der Waals surface area contributed by atoms with E-state index in [-0.39, 0.29) is 6.04 Å². The second-order valence-electron chi connectivity index (χ2n) is 5.15. The van der Waals surface area contributed by atoms with Crippen LogP contribution in [0.3, 0.4) is 0 Å². The van der Waals surface area contributed by atoms with Crippen molar-refractivity contribution in [1.29, 1.82) is 0 Å². The molecule has 0 fully saturated rings. The van der Waals surface area contributed by atoms with Crippen molar-refractivity contribution in [3.8, 4) is 5.75 Å². The Morgan fingerprint density at radius 3 is 2.95 bits per heavy atom. The van der Waals surface area contributed by atoms with Gasteiger partial charge in [0.05, 0.1) is 19.8 Å². The Morgan fingerprint density at radius 2 is 2.09 bits per heavy atom. The molecule has 4 rings (SSSR count). The lowest BCUT2D eigenvalue weighted by atomic mass is 10.1. The molecule has 3 aromatic rings. The second kappa shape index (κ2) is 5.37. The fraction of sp³-hybridized carbons (Fsp3) is 0.250. The largest absolute Gasteiger partial charge is 0.496 e. The number of hydrogen-bond acceptors (Lipinski definition) is 4. The first kappa shape index (κ1) is 13.7. The third-order valence-electron chi connectivity index (χ3n) is 3.89. The molecular weight excluding hydrogens is 346 g/mol. The smallest absolute Gasteiger partial charge is 0.162 e. The normalized spacial score (nSPS) is 17.5. The van der Waals surface area contributed by atoms with Crippen LogP contribution in [0.15, 0.2) is 41.0 Å². The molecule has 0 amide bonds. The first-order chi connectivity index (χ1) is 10.8. The molecule has 0 N–H and O–H groups in total. The van der Waals surface area contributed by atoms with Crippen molar-refractivity contribution in [3.05, 3.63) is 52.4 Å². The molecule has 0 saturated carbocycles. The predicted octanol–water partition coefficient (Wildman–Crippen LogP) is 3.32. The molecule has 0 saturated heterocycles. The Hall–Kier alpha value is -1.92. The van der Waals surface area contributed by atoms with Crippen molar-refractivity contribution in [1.82, 2.24) is 14.5 Å². The molecule has 1 aliphatic heterocycles. The molecule has 1 aromatic carbocycles. The van der Waals surface area contributed by atoms with Gasteiger partial charge in [-0.25, -0.2) is 9.97 Å². The number of aromatic nitrogens is 3. The number of para-hydroxylation sites is 1. The summed E-state index contributed by atoms with van der Waals surface area (Å²) >= 11 is 3.44. The molecule has 22 heavy (non-hydrogen) atoms. The topological polar surface area (TPSA) is 49.2 Å². The summed E-state index contributed by atoms with van der Waals surface area (Å²) < 4.78 is 14.2.